The van der Waals surface area contributed by atoms with Gasteiger partial charge in [0.2, 0.25) is 0 Å². The minimum absolute atomic E-state index is 0.869. The van der Waals surface area contributed by atoms with Crippen molar-refractivity contribution >= 4 is 77.6 Å². The monoisotopic (exact) mass is 676 g/mol. The summed E-state index contributed by atoms with van der Waals surface area (Å²) in [6.07, 6.45) is 0. The highest BCUT2D eigenvalue weighted by Gasteiger charge is 2.36. The summed E-state index contributed by atoms with van der Waals surface area (Å²) in [5.41, 5.74) is 13.1. The fourth-order valence-electron chi connectivity index (χ4n) is 8.47. The number of fused-ring (bicyclic) bond motifs is 9. The molecule has 0 unspecified atom stereocenters. The molecule has 1 aliphatic heterocycles. The summed E-state index contributed by atoms with van der Waals surface area (Å²) in [4.78, 5) is 4.94. The zero-order chi connectivity index (χ0) is 34.9. The van der Waals surface area contributed by atoms with Gasteiger partial charge in [0, 0.05) is 27.2 Å². The molecule has 10 aromatic rings. The van der Waals surface area contributed by atoms with Crippen molar-refractivity contribution in [1.82, 2.24) is 0 Å². The molecule has 53 heavy (non-hydrogen) atoms. The molecule has 11 rings (SSSR count). The lowest BCUT2D eigenvalue weighted by Crippen LogP contribution is -2.25. The number of hydrogen-bond donors (Lipinski definition) is 0. The standard InChI is InChI=1S/C50H32N2O/c1-4-16-33(17-5-1)36-25-14-26-41-38(36)30-31-44-48(41)51(35-20-8-3-9-21-35)46-32-43(34-18-6-2-7-19-34)37-22-10-11-24-40(37)49(46)52(44)45-28-15-27-42-39-23-12-13-29-47(39)53-50(42)45/h1-32H. The van der Waals surface area contributed by atoms with Gasteiger partial charge in [-0.3, -0.25) is 0 Å². The quantitative estimate of drug-likeness (QED) is 0.185. The van der Waals surface area contributed by atoms with E-state index in [-0.39, 0.29) is 0 Å². The summed E-state index contributed by atoms with van der Waals surface area (Å²) < 4.78 is 6.79. The van der Waals surface area contributed by atoms with Crippen molar-refractivity contribution in [1.29, 1.82) is 0 Å². The topological polar surface area (TPSA) is 19.6 Å². The molecule has 1 aliphatic rings. The maximum Gasteiger partial charge on any atom is 0.159 e. The van der Waals surface area contributed by atoms with Gasteiger partial charge in [0.25, 0.3) is 0 Å². The summed E-state index contributed by atoms with van der Waals surface area (Å²) in [6.45, 7) is 0. The molecule has 0 fully saturated rings. The Morgan fingerprint density at radius 3 is 1.62 bits per heavy atom. The summed E-state index contributed by atoms with van der Waals surface area (Å²) in [5.74, 6) is 0. The fourth-order valence-corrected chi connectivity index (χ4v) is 8.47. The second kappa shape index (κ2) is 11.7. The first kappa shape index (κ1) is 29.6. The molecule has 0 saturated carbocycles. The van der Waals surface area contributed by atoms with Crippen LogP contribution in [0.1, 0.15) is 0 Å². The van der Waals surface area contributed by atoms with Gasteiger partial charge in [0.05, 0.1) is 28.4 Å². The third-order valence-corrected chi connectivity index (χ3v) is 10.7. The average molecular weight is 677 g/mol. The highest BCUT2D eigenvalue weighted by atomic mass is 16.3. The highest BCUT2D eigenvalue weighted by molar-refractivity contribution is 6.22. The van der Waals surface area contributed by atoms with Crippen LogP contribution in [0.4, 0.5) is 34.1 Å². The van der Waals surface area contributed by atoms with Crippen molar-refractivity contribution in [2.45, 2.75) is 0 Å². The van der Waals surface area contributed by atoms with Crippen molar-refractivity contribution in [3.8, 4) is 22.3 Å². The van der Waals surface area contributed by atoms with Gasteiger partial charge in [-0.1, -0.05) is 158 Å². The predicted octanol–water partition coefficient (Wildman–Crippen LogP) is 14.5. The number of hydrogen-bond acceptors (Lipinski definition) is 3. The molecule has 0 N–H and O–H groups in total. The van der Waals surface area contributed by atoms with Crippen LogP contribution in [0.15, 0.2) is 199 Å². The lowest BCUT2D eigenvalue weighted by molar-refractivity contribution is 0.669. The lowest BCUT2D eigenvalue weighted by Gasteiger charge is -2.42. The molecule has 3 heteroatoms. The SMILES string of the molecule is c1ccc(-c2cccc3c4c(ccc23)N(c2cccc3c2oc2ccccc23)c2c(cc(-c3ccccc3)c3ccccc23)N4c2ccccc2)cc1. The van der Waals surface area contributed by atoms with E-state index in [4.69, 9.17) is 4.42 Å². The Morgan fingerprint density at radius 1 is 0.321 bits per heavy atom. The number of rotatable bonds is 4. The molecule has 0 spiro atoms. The van der Waals surface area contributed by atoms with Gasteiger partial charge in [-0.2, -0.15) is 0 Å². The van der Waals surface area contributed by atoms with Crippen LogP contribution in [-0.2, 0) is 0 Å². The van der Waals surface area contributed by atoms with Crippen molar-refractivity contribution in [3.05, 3.63) is 194 Å². The van der Waals surface area contributed by atoms with Crippen molar-refractivity contribution < 1.29 is 4.42 Å². The Kier molecular flexibility index (Phi) is 6.55. The van der Waals surface area contributed by atoms with E-state index in [0.29, 0.717) is 0 Å². The van der Waals surface area contributed by atoms with E-state index in [9.17, 15) is 0 Å². The zero-order valence-corrected chi connectivity index (χ0v) is 28.8. The molecule has 0 radical (unpaired) electrons. The Labute approximate surface area is 307 Å². The maximum absolute atomic E-state index is 6.79. The number of anilines is 6. The van der Waals surface area contributed by atoms with E-state index >= 15 is 0 Å². The first-order chi connectivity index (χ1) is 26.3. The Hall–Kier alpha value is -7.10. The Morgan fingerprint density at radius 2 is 0.868 bits per heavy atom. The summed E-state index contributed by atoms with van der Waals surface area (Å²) in [6, 6.07) is 69.7. The lowest BCUT2D eigenvalue weighted by atomic mass is 9.90. The predicted molar refractivity (Wildman–Crippen MR) is 223 cm³/mol. The van der Waals surface area contributed by atoms with Gasteiger partial charge in [-0.15, -0.1) is 0 Å². The van der Waals surface area contributed by atoms with Crippen LogP contribution >= 0.6 is 0 Å². The van der Waals surface area contributed by atoms with E-state index < -0.39 is 0 Å². The summed E-state index contributed by atoms with van der Waals surface area (Å²) in [5, 5.41) is 6.96. The molecule has 0 amide bonds. The molecule has 248 valence electrons. The molecule has 0 bridgehead atoms. The van der Waals surface area contributed by atoms with Gasteiger partial charge in [0.15, 0.2) is 5.58 Å². The summed E-state index contributed by atoms with van der Waals surface area (Å²) in [7, 11) is 0. The minimum Gasteiger partial charge on any atom is -0.454 e. The second-order valence-corrected chi connectivity index (χ2v) is 13.7. The van der Waals surface area contributed by atoms with Crippen LogP contribution in [0.3, 0.4) is 0 Å². The Balaban J connectivity index is 1.32. The van der Waals surface area contributed by atoms with E-state index in [1.807, 2.05) is 6.07 Å². The normalized spacial score (nSPS) is 12.5. The van der Waals surface area contributed by atoms with Gasteiger partial charge in [-0.05, 0) is 69.4 Å². The summed E-state index contributed by atoms with van der Waals surface area (Å²) >= 11 is 0. The third kappa shape index (κ3) is 4.47. The average Bonchev–Trinajstić information content (AvgIpc) is 3.62. The van der Waals surface area contributed by atoms with Crippen molar-refractivity contribution in [2.75, 3.05) is 9.80 Å². The highest BCUT2D eigenvalue weighted by Crippen LogP contribution is 2.60. The smallest absolute Gasteiger partial charge is 0.159 e. The minimum atomic E-state index is 0.869. The van der Waals surface area contributed by atoms with Gasteiger partial charge < -0.3 is 14.2 Å². The van der Waals surface area contributed by atoms with Crippen LogP contribution in [0.2, 0.25) is 0 Å². The van der Waals surface area contributed by atoms with E-state index in [1.54, 1.807) is 0 Å². The fraction of sp³-hybridized carbons (Fsp3) is 0. The van der Waals surface area contributed by atoms with Crippen LogP contribution in [0, 0.1) is 0 Å². The third-order valence-electron chi connectivity index (χ3n) is 10.7. The first-order valence-corrected chi connectivity index (χ1v) is 18.1. The van der Waals surface area contributed by atoms with Crippen LogP contribution in [-0.4, -0.2) is 0 Å². The molecule has 9 aromatic carbocycles. The Bertz CT molecular complexity index is 3000. The number of para-hydroxylation sites is 3. The molecule has 0 atom stereocenters. The molecule has 0 aliphatic carbocycles. The molecule has 1 aromatic heterocycles. The van der Waals surface area contributed by atoms with Crippen molar-refractivity contribution in [3.63, 3.8) is 0 Å². The van der Waals surface area contributed by atoms with Crippen molar-refractivity contribution in [2.24, 2.45) is 0 Å². The molecule has 2 heterocycles. The number of nitrogens with zero attached hydrogens (tertiary/aromatic N) is 2. The number of furan rings is 1. The molecule has 3 nitrogen and oxygen atoms in total. The van der Waals surface area contributed by atoms with Gasteiger partial charge in [0.1, 0.15) is 5.58 Å². The molecule has 0 saturated heterocycles. The van der Waals surface area contributed by atoms with Crippen LogP contribution in [0.25, 0.3) is 65.7 Å². The van der Waals surface area contributed by atoms with E-state index in [0.717, 1.165) is 56.1 Å². The number of benzene rings is 9. The largest absolute Gasteiger partial charge is 0.454 e. The van der Waals surface area contributed by atoms with E-state index in [2.05, 4.69) is 198 Å². The van der Waals surface area contributed by atoms with Gasteiger partial charge >= 0.3 is 0 Å². The van der Waals surface area contributed by atoms with Crippen LogP contribution < -0.4 is 9.80 Å². The maximum atomic E-state index is 6.79. The molecular weight excluding hydrogens is 645 g/mol. The second-order valence-electron chi connectivity index (χ2n) is 13.7. The molecular formula is C50H32N2O. The zero-order valence-electron chi connectivity index (χ0n) is 28.8. The first-order valence-electron chi connectivity index (χ1n) is 18.1. The van der Waals surface area contributed by atoms with Gasteiger partial charge in [-0.25, -0.2) is 0 Å². The van der Waals surface area contributed by atoms with Crippen LogP contribution in [0.5, 0.6) is 0 Å². The van der Waals surface area contributed by atoms with E-state index in [1.165, 1.54) is 43.8 Å².